The molecule has 1 aromatic heterocycles. The third-order valence-corrected chi connectivity index (χ3v) is 5.45. The van der Waals surface area contributed by atoms with Crippen LogP contribution in [0.3, 0.4) is 0 Å². The maximum Gasteiger partial charge on any atom is 0.225 e. The largest absolute Gasteiger partial charge is 0.343 e. The number of piperidine rings is 1. The molecule has 0 unspecified atom stereocenters. The van der Waals surface area contributed by atoms with Gasteiger partial charge in [-0.25, -0.2) is 0 Å². The lowest BCUT2D eigenvalue weighted by molar-refractivity contribution is -0.138. The minimum absolute atomic E-state index is 0.00798. The number of carbonyl (C=O) groups is 2. The molecular weight excluding hydrogens is 320 g/mol. The number of rotatable bonds is 4. The van der Waals surface area contributed by atoms with Gasteiger partial charge < -0.3 is 14.7 Å². The number of aryl methyl sites for hydroxylation is 1. The lowest BCUT2D eigenvalue weighted by atomic mass is 9.91. The van der Waals surface area contributed by atoms with Gasteiger partial charge in [-0.1, -0.05) is 31.8 Å². The van der Waals surface area contributed by atoms with Crippen molar-refractivity contribution in [2.75, 3.05) is 13.1 Å². The van der Waals surface area contributed by atoms with E-state index in [1.54, 1.807) is 6.92 Å². The molecule has 1 aromatic rings. The van der Waals surface area contributed by atoms with E-state index in [0.717, 1.165) is 25.7 Å². The zero-order chi connectivity index (χ0) is 18.0. The Hall–Kier alpha value is -1.92. The number of hydrogen-bond donors (Lipinski definition) is 1. The van der Waals surface area contributed by atoms with E-state index in [1.807, 2.05) is 18.7 Å². The van der Waals surface area contributed by atoms with Gasteiger partial charge in [0.2, 0.25) is 17.7 Å². The van der Waals surface area contributed by atoms with Crippen molar-refractivity contribution in [1.82, 2.24) is 20.4 Å². The number of amides is 2. The predicted octanol–water partition coefficient (Wildman–Crippen LogP) is 2.16. The molecule has 1 aliphatic heterocycles. The summed E-state index contributed by atoms with van der Waals surface area (Å²) in [5, 5.41) is 7.30. The molecule has 0 aromatic carbocycles. The normalized spacial score (nSPS) is 20.9. The Bertz CT molecular complexity index is 626. The maximum absolute atomic E-state index is 12.8. The van der Waals surface area contributed by atoms with Crippen molar-refractivity contribution >= 4 is 11.8 Å². The van der Waals surface area contributed by atoms with Crippen molar-refractivity contribution in [1.29, 1.82) is 0 Å². The quantitative estimate of drug-likeness (QED) is 0.901. The summed E-state index contributed by atoms with van der Waals surface area (Å²) >= 11 is 0. The fraction of sp³-hybridized carbons (Fsp3) is 0.778. The Balaban J connectivity index is 1.63. The van der Waals surface area contributed by atoms with Crippen LogP contribution < -0.4 is 5.32 Å². The Labute approximate surface area is 148 Å². The Morgan fingerprint density at radius 1 is 1.24 bits per heavy atom. The molecule has 7 nitrogen and oxygen atoms in total. The fourth-order valence-electron chi connectivity index (χ4n) is 3.94. The molecule has 7 heteroatoms. The van der Waals surface area contributed by atoms with Gasteiger partial charge in [-0.05, 0) is 25.7 Å². The summed E-state index contributed by atoms with van der Waals surface area (Å²) in [7, 11) is 0. The molecule has 1 aliphatic carbocycles. The van der Waals surface area contributed by atoms with Gasteiger partial charge in [0.25, 0.3) is 0 Å². The topological polar surface area (TPSA) is 88.3 Å². The molecule has 1 N–H and O–H groups in total. The highest BCUT2D eigenvalue weighted by molar-refractivity contribution is 5.81. The van der Waals surface area contributed by atoms with Crippen LogP contribution in [-0.2, 0) is 15.1 Å². The summed E-state index contributed by atoms with van der Waals surface area (Å²) in [6, 6.07) is 0. The van der Waals surface area contributed by atoms with Crippen molar-refractivity contribution in [2.45, 2.75) is 64.8 Å². The van der Waals surface area contributed by atoms with Gasteiger partial charge >= 0.3 is 0 Å². The van der Waals surface area contributed by atoms with Gasteiger partial charge in [0.15, 0.2) is 5.82 Å². The standard InChI is InChI=1S/C18H28N4O3/c1-12(2)16(24)22-10-6-14(7-11-22)15(23)20-18(8-4-5-9-18)17-19-13(3)25-21-17/h12,14H,4-11H2,1-3H3,(H,20,23). The molecule has 1 saturated heterocycles. The average Bonchev–Trinajstić information content (AvgIpc) is 3.24. The second-order valence-electron chi connectivity index (χ2n) is 7.67. The van der Waals surface area contributed by atoms with Crippen molar-refractivity contribution in [3.8, 4) is 0 Å². The van der Waals surface area contributed by atoms with Crippen LogP contribution in [-0.4, -0.2) is 39.9 Å². The van der Waals surface area contributed by atoms with Crippen LogP contribution in [0.15, 0.2) is 4.52 Å². The first kappa shape index (κ1) is 17.9. The number of aromatic nitrogens is 2. The summed E-state index contributed by atoms with van der Waals surface area (Å²) in [6.07, 6.45) is 5.23. The Kier molecular flexibility index (Phi) is 5.11. The lowest BCUT2D eigenvalue weighted by Crippen LogP contribution is -2.50. The highest BCUT2D eigenvalue weighted by atomic mass is 16.5. The van der Waals surface area contributed by atoms with Gasteiger partial charge in [0, 0.05) is 31.8 Å². The van der Waals surface area contributed by atoms with Gasteiger partial charge in [-0.15, -0.1) is 0 Å². The Morgan fingerprint density at radius 2 is 1.88 bits per heavy atom. The van der Waals surface area contributed by atoms with E-state index >= 15 is 0 Å². The van der Waals surface area contributed by atoms with Crippen LogP contribution in [0.2, 0.25) is 0 Å². The molecule has 0 radical (unpaired) electrons. The van der Waals surface area contributed by atoms with E-state index in [2.05, 4.69) is 15.5 Å². The SMILES string of the molecule is Cc1nc(C2(NC(=O)C3CCN(C(=O)C(C)C)CC3)CCCC2)no1. The second kappa shape index (κ2) is 7.14. The minimum atomic E-state index is -0.486. The summed E-state index contributed by atoms with van der Waals surface area (Å²) in [6.45, 7) is 6.91. The van der Waals surface area contributed by atoms with Crippen LogP contribution in [0, 0.1) is 18.8 Å². The summed E-state index contributed by atoms with van der Waals surface area (Å²) in [5.74, 6) is 1.31. The maximum atomic E-state index is 12.8. The third kappa shape index (κ3) is 3.70. The number of likely N-dealkylation sites (tertiary alicyclic amines) is 1. The first-order valence-corrected chi connectivity index (χ1v) is 9.33. The molecule has 2 fully saturated rings. The van der Waals surface area contributed by atoms with Gasteiger partial charge in [0.1, 0.15) is 5.54 Å². The van der Waals surface area contributed by atoms with E-state index in [9.17, 15) is 9.59 Å². The van der Waals surface area contributed by atoms with Gasteiger partial charge in [-0.3, -0.25) is 9.59 Å². The van der Waals surface area contributed by atoms with E-state index in [0.29, 0.717) is 37.6 Å². The van der Waals surface area contributed by atoms with Crippen LogP contribution in [0.1, 0.15) is 64.1 Å². The van der Waals surface area contributed by atoms with Crippen LogP contribution in [0.4, 0.5) is 0 Å². The van der Waals surface area contributed by atoms with E-state index in [1.165, 1.54) is 0 Å². The van der Waals surface area contributed by atoms with Crippen molar-refractivity contribution < 1.29 is 14.1 Å². The van der Waals surface area contributed by atoms with Crippen molar-refractivity contribution in [3.05, 3.63) is 11.7 Å². The number of hydrogen-bond acceptors (Lipinski definition) is 5. The molecule has 138 valence electrons. The van der Waals surface area contributed by atoms with Crippen molar-refractivity contribution in [3.63, 3.8) is 0 Å². The first-order chi connectivity index (χ1) is 11.9. The highest BCUT2D eigenvalue weighted by Gasteiger charge is 2.42. The molecule has 0 atom stereocenters. The smallest absolute Gasteiger partial charge is 0.225 e. The predicted molar refractivity (Wildman–Crippen MR) is 91.5 cm³/mol. The third-order valence-electron chi connectivity index (χ3n) is 5.45. The monoisotopic (exact) mass is 348 g/mol. The second-order valence-corrected chi connectivity index (χ2v) is 7.67. The van der Waals surface area contributed by atoms with Crippen LogP contribution in [0.25, 0.3) is 0 Å². The molecule has 25 heavy (non-hydrogen) atoms. The molecule has 0 spiro atoms. The highest BCUT2D eigenvalue weighted by Crippen LogP contribution is 2.38. The number of nitrogens with one attached hydrogen (secondary N) is 1. The zero-order valence-corrected chi connectivity index (χ0v) is 15.4. The van der Waals surface area contributed by atoms with E-state index < -0.39 is 5.54 Å². The summed E-state index contributed by atoms with van der Waals surface area (Å²) in [4.78, 5) is 31.2. The molecule has 2 heterocycles. The summed E-state index contributed by atoms with van der Waals surface area (Å²) in [5.41, 5.74) is -0.486. The van der Waals surface area contributed by atoms with Crippen LogP contribution >= 0.6 is 0 Å². The van der Waals surface area contributed by atoms with Crippen LogP contribution in [0.5, 0.6) is 0 Å². The van der Waals surface area contributed by atoms with E-state index in [4.69, 9.17) is 4.52 Å². The van der Waals surface area contributed by atoms with E-state index in [-0.39, 0.29) is 23.7 Å². The molecule has 2 aliphatic rings. The van der Waals surface area contributed by atoms with Gasteiger partial charge in [-0.2, -0.15) is 4.98 Å². The van der Waals surface area contributed by atoms with Crippen molar-refractivity contribution in [2.24, 2.45) is 11.8 Å². The zero-order valence-electron chi connectivity index (χ0n) is 15.4. The first-order valence-electron chi connectivity index (χ1n) is 9.33. The fourth-order valence-corrected chi connectivity index (χ4v) is 3.94. The molecular formula is C18H28N4O3. The minimum Gasteiger partial charge on any atom is -0.343 e. The lowest BCUT2D eigenvalue weighted by Gasteiger charge is -2.35. The Morgan fingerprint density at radius 3 is 2.40 bits per heavy atom. The number of nitrogens with zero attached hydrogens (tertiary/aromatic N) is 3. The molecule has 2 amide bonds. The summed E-state index contributed by atoms with van der Waals surface area (Å²) < 4.78 is 5.14. The molecule has 0 bridgehead atoms. The van der Waals surface area contributed by atoms with Gasteiger partial charge in [0.05, 0.1) is 0 Å². The molecule has 1 saturated carbocycles. The molecule has 3 rings (SSSR count). The number of carbonyl (C=O) groups excluding carboxylic acids is 2. The average molecular weight is 348 g/mol.